The van der Waals surface area contributed by atoms with Gasteiger partial charge in [0.2, 0.25) is 5.90 Å². The summed E-state index contributed by atoms with van der Waals surface area (Å²) in [4.78, 5) is 17.2. The molecule has 3 aromatic rings. The predicted octanol–water partition coefficient (Wildman–Crippen LogP) is 5.33. The van der Waals surface area contributed by atoms with Gasteiger partial charge in [-0.25, -0.2) is 9.79 Å². The van der Waals surface area contributed by atoms with E-state index in [4.69, 9.17) is 21.1 Å². The molecule has 0 atom stereocenters. The second-order valence-electron chi connectivity index (χ2n) is 5.80. The van der Waals surface area contributed by atoms with Crippen molar-refractivity contribution in [1.29, 1.82) is 0 Å². The normalized spacial score (nSPS) is 14.9. The summed E-state index contributed by atoms with van der Waals surface area (Å²) in [7, 11) is 0. The third-order valence-corrected chi connectivity index (χ3v) is 4.90. The van der Waals surface area contributed by atoms with Crippen LogP contribution >= 0.6 is 22.9 Å². The van der Waals surface area contributed by atoms with Gasteiger partial charge in [-0.05, 0) is 52.9 Å². The molecule has 1 aliphatic heterocycles. The summed E-state index contributed by atoms with van der Waals surface area (Å²) in [6, 6.07) is 18.7. The zero-order chi connectivity index (χ0) is 18.6. The zero-order valence-corrected chi connectivity index (χ0v) is 15.7. The van der Waals surface area contributed by atoms with Crippen molar-refractivity contribution < 1.29 is 14.3 Å². The Kier molecular flexibility index (Phi) is 5.05. The molecule has 0 fully saturated rings. The molecule has 0 bridgehead atoms. The molecule has 0 unspecified atom stereocenters. The summed E-state index contributed by atoms with van der Waals surface area (Å²) in [6.45, 7) is 0.406. The molecule has 4 rings (SSSR count). The van der Waals surface area contributed by atoms with Gasteiger partial charge in [0.05, 0.1) is 4.88 Å². The molecule has 1 aliphatic rings. The molecule has 134 valence electrons. The van der Waals surface area contributed by atoms with Crippen LogP contribution < -0.4 is 4.74 Å². The Bertz CT molecular complexity index is 1040. The van der Waals surface area contributed by atoms with Gasteiger partial charge in [-0.15, -0.1) is 11.3 Å². The Morgan fingerprint density at radius 2 is 2.00 bits per heavy atom. The first-order valence-electron chi connectivity index (χ1n) is 8.21. The van der Waals surface area contributed by atoms with Gasteiger partial charge in [0.15, 0.2) is 5.70 Å². The van der Waals surface area contributed by atoms with Crippen molar-refractivity contribution >= 4 is 40.9 Å². The van der Waals surface area contributed by atoms with E-state index >= 15 is 0 Å². The number of rotatable bonds is 5. The van der Waals surface area contributed by atoms with Crippen LogP contribution in [0.5, 0.6) is 5.75 Å². The molecule has 0 amide bonds. The molecule has 6 heteroatoms. The van der Waals surface area contributed by atoms with Crippen LogP contribution in [0.3, 0.4) is 0 Å². The predicted molar refractivity (Wildman–Crippen MR) is 107 cm³/mol. The van der Waals surface area contributed by atoms with Gasteiger partial charge in [-0.2, -0.15) is 0 Å². The minimum Gasteiger partial charge on any atom is -0.489 e. The molecule has 2 aromatic carbocycles. The number of hydrogen-bond donors (Lipinski definition) is 0. The Morgan fingerprint density at radius 1 is 1.11 bits per heavy atom. The third kappa shape index (κ3) is 4.27. The van der Waals surface area contributed by atoms with E-state index in [-0.39, 0.29) is 5.70 Å². The number of benzene rings is 2. The van der Waals surface area contributed by atoms with Gasteiger partial charge in [0.25, 0.3) is 0 Å². The number of carbonyl (C=O) groups is 1. The lowest BCUT2D eigenvalue weighted by Crippen LogP contribution is -2.03. The van der Waals surface area contributed by atoms with Crippen molar-refractivity contribution in [3.8, 4) is 5.75 Å². The fraction of sp³-hybridized carbons (Fsp3) is 0.0476. The summed E-state index contributed by atoms with van der Waals surface area (Å²) in [5.74, 6) is 0.580. The quantitative estimate of drug-likeness (QED) is 0.433. The molecular formula is C21H14ClNO3S. The maximum Gasteiger partial charge on any atom is 0.363 e. The maximum absolute atomic E-state index is 12.1. The fourth-order valence-corrected chi connectivity index (χ4v) is 3.42. The van der Waals surface area contributed by atoms with E-state index in [0.29, 0.717) is 23.3 Å². The Hall–Kier alpha value is -2.89. The molecular weight excluding hydrogens is 382 g/mol. The van der Waals surface area contributed by atoms with Crippen molar-refractivity contribution in [3.63, 3.8) is 0 Å². The SMILES string of the molecule is O=C1OC(c2cccs2)=N/C1=C\c1cccc(OCc2cccc(Cl)c2)c1. The van der Waals surface area contributed by atoms with Crippen LogP contribution in [0.2, 0.25) is 5.02 Å². The van der Waals surface area contributed by atoms with Gasteiger partial charge in [0, 0.05) is 5.02 Å². The minimum atomic E-state index is -0.455. The van der Waals surface area contributed by atoms with Crippen LogP contribution in [0.15, 0.2) is 76.7 Å². The highest BCUT2D eigenvalue weighted by atomic mass is 35.5. The number of esters is 1. The molecule has 4 nitrogen and oxygen atoms in total. The molecule has 2 heterocycles. The number of carbonyl (C=O) groups excluding carboxylic acids is 1. The number of halogens is 1. The number of nitrogens with zero attached hydrogens (tertiary/aromatic N) is 1. The highest BCUT2D eigenvalue weighted by molar-refractivity contribution is 7.12. The maximum atomic E-state index is 12.1. The van der Waals surface area contributed by atoms with E-state index in [1.807, 2.05) is 66.0 Å². The first-order valence-corrected chi connectivity index (χ1v) is 9.47. The van der Waals surface area contributed by atoms with Crippen molar-refractivity contribution in [1.82, 2.24) is 0 Å². The van der Waals surface area contributed by atoms with E-state index in [1.165, 1.54) is 11.3 Å². The lowest BCUT2D eigenvalue weighted by Gasteiger charge is -2.07. The molecule has 0 spiro atoms. The average molecular weight is 396 g/mol. The first-order chi connectivity index (χ1) is 13.2. The van der Waals surface area contributed by atoms with E-state index < -0.39 is 5.97 Å². The largest absolute Gasteiger partial charge is 0.489 e. The van der Waals surface area contributed by atoms with Crippen molar-refractivity contribution in [2.75, 3.05) is 0 Å². The van der Waals surface area contributed by atoms with E-state index in [1.54, 1.807) is 6.08 Å². The van der Waals surface area contributed by atoms with Crippen LogP contribution in [0.25, 0.3) is 6.08 Å². The highest BCUT2D eigenvalue weighted by Gasteiger charge is 2.24. The molecule has 0 N–H and O–H groups in total. The Morgan fingerprint density at radius 3 is 2.81 bits per heavy atom. The number of cyclic esters (lactones) is 1. The highest BCUT2D eigenvalue weighted by Crippen LogP contribution is 2.23. The fourth-order valence-electron chi connectivity index (χ4n) is 2.56. The van der Waals surface area contributed by atoms with E-state index in [9.17, 15) is 4.79 Å². The molecule has 27 heavy (non-hydrogen) atoms. The monoisotopic (exact) mass is 395 g/mol. The van der Waals surface area contributed by atoms with Gasteiger partial charge in [-0.1, -0.05) is 41.9 Å². The standard InChI is InChI=1S/C21H14ClNO3S/c22-16-6-1-5-15(10-16)13-25-17-7-2-4-14(11-17)12-18-21(24)26-20(23-18)19-8-3-9-27-19/h1-12H,13H2/b18-12-. The van der Waals surface area contributed by atoms with Crippen LogP contribution in [-0.4, -0.2) is 11.9 Å². The van der Waals surface area contributed by atoms with Gasteiger partial charge >= 0.3 is 5.97 Å². The van der Waals surface area contributed by atoms with Crippen LogP contribution in [0.4, 0.5) is 0 Å². The van der Waals surface area contributed by atoms with Crippen LogP contribution in [0, 0.1) is 0 Å². The summed E-state index contributed by atoms with van der Waals surface area (Å²) in [6.07, 6.45) is 1.69. The van der Waals surface area contributed by atoms with Crippen molar-refractivity contribution in [2.24, 2.45) is 4.99 Å². The number of aliphatic imine (C=N–C) groups is 1. The van der Waals surface area contributed by atoms with E-state index in [0.717, 1.165) is 16.0 Å². The van der Waals surface area contributed by atoms with Gasteiger partial charge < -0.3 is 9.47 Å². The number of thiophene rings is 1. The van der Waals surface area contributed by atoms with Crippen molar-refractivity contribution in [2.45, 2.75) is 6.61 Å². The first kappa shape index (κ1) is 17.5. The van der Waals surface area contributed by atoms with Crippen LogP contribution in [0.1, 0.15) is 16.0 Å². The smallest absolute Gasteiger partial charge is 0.363 e. The molecule has 0 saturated carbocycles. The lowest BCUT2D eigenvalue weighted by molar-refractivity contribution is -0.129. The Labute approximate surface area is 165 Å². The van der Waals surface area contributed by atoms with Gasteiger partial charge in [0.1, 0.15) is 12.4 Å². The molecule has 0 saturated heterocycles. The summed E-state index contributed by atoms with van der Waals surface area (Å²) in [5, 5.41) is 2.59. The summed E-state index contributed by atoms with van der Waals surface area (Å²) >= 11 is 7.46. The van der Waals surface area contributed by atoms with Crippen LogP contribution in [-0.2, 0) is 16.1 Å². The Balaban J connectivity index is 1.50. The molecule has 0 aliphatic carbocycles. The second kappa shape index (κ2) is 7.78. The second-order valence-corrected chi connectivity index (χ2v) is 7.19. The lowest BCUT2D eigenvalue weighted by atomic mass is 10.2. The van der Waals surface area contributed by atoms with Gasteiger partial charge in [-0.3, -0.25) is 0 Å². The number of hydrogen-bond acceptors (Lipinski definition) is 5. The minimum absolute atomic E-state index is 0.269. The van der Waals surface area contributed by atoms with Crippen molar-refractivity contribution in [3.05, 3.63) is 92.8 Å². The average Bonchev–Trinajstić information content (AvgIpc) is 3.31. The molecule has 1 aromatic heterocycles. The molecule has 0 radical (unpaired) electrons. The zero-order valence-electron chi connectivity index (χ0n) is 14.1. The number of ether oxygens (including phenoxy) is 2. The summed E-state index contributed by atoms with van der Waals surface area (Å²) < 4.78 is 11.1. The topological polar surface area (TPSA) is 47.9 Å². The summed E-state index contributed by atoms with van der Waals surface area (Å²) in [5.41, 5.74) is 2.06. The third-order valence-electron chi connectivity index (χ3n) is 3.81. The van der Waals surface area contributed by atoms with E-state index in [2.05, 4.69) is 4.99 Å².